The van der Waals surface area contributed by atoms with Gasteiger partial charge in [0, 0.05) is 141 Å². The molecule has 11 aliphatic rings. The molecule has 15 aromatic carbocycles. The van der Waals surface area contributed by atoms with E-state index in [2.05, 4.69) is 462 Å². The number of nitrogens with zero attached hydrogens (tertiary/aromatic N) is 6. The van der Waals surface area contributed by atoms with Gasteiger partial charge in [-0.15, -0.1) is 46.6 Å². The fourth-order valence-electron chi connectivity index (χ4n) is 26.1. The van der Waals surface area contributed by atoms with Crippen molar-refractivity contribution in [2.75, 3.05) is 29.4 Å². The molecule has 137 heavy (non-hydrogen) atoms. The van der Waals surface area contributed by atoms with Crippen LogP contribution in [0.1, 0.15) is 139 Å². The van der Waals surface area contributed by atoms with Gasteiger partial charge in [0.25, 0.3) is 20.1 Å². The van der Waals surface area contributed by atoms with Crippen LogP contribution in [0, 0.1) is 20.8 Å². The molecular weight excluding hydrogens is 1740 g/mol. The maximum Gasteiger partial charge on any atom is 0.257 e. The van der Waals surface area contributed by atoms with Crippen molar-refractivity contribution in [3.05, 3.63) is 385 Å². The first-order chi connectivity index (χ1) is 66.8. The number of furan rings is 2. The Kier molecular flexibility index (Phi) is 18.8. The lowest BCUT2D eigenvalue weighted by Crippen LogP contribution is -2.61. The fourth-order valence-corrected chi connectivity index (χ4v) is 32.5. The van der Waals surface area contributed by atoms with Crippen molar-refractivity contribution in [2.45, 2.75) is 166 Å². The summed E-state index contributed by atoms with van der Waals surface area (Å²) in [7, 11) is 0. The summed E-state index contributed by atoms with van der Waals surface area (Å²) < 4.78 is 15.0. The van der Waals surface area contributed by atoms with Gasteiger partial charge in [0.15, 0.2) is 5.88 Å². The van der Waals surface area contributed by atoms with E-state index in [0.29, 0.717) is 0 Å². The molecule has 0 radical (unpaired) electrons. The highest BCUT2D eigenvalue weighted by Gasteiger charge is 2.61. The fraction of sp³-hybridized carbons (Fsp3) is 0.197. The molecule has 8 nitrogen and oxygen atoms in total. The van der Waals surface area contributed by atoms with E-state index in [-0.39, 0.29) is 50.6 Å². The van der Waals surface area contributed by atoms with Gasteiger partial charge in [0.2, 0.25) is 5.88 Å². The maximum absolute atomic E-state index is 6.96. The molecule has 2 fully saturated rings. The smallest absolute Gasteiger partial charge is 0.257 e. The van der Waals surface area contributed by atoms with E-state index in [9.17, 15) is 0 Å². The highest BCUT2D eigenvalue weighted by atomic mass is 32.2. The predicted molar refractivity (Wildman–Crippen MR) is 586 cm³/mol. The van der Waals surface area contributed by atoms with E-state index >= 15 is 0 Å². The number of benzene rings is 15. The molecule has 2 saturated carbocycles. The van der Waals surface area contributed by atoms with Gasteiger partial charge in [-0.25, -0.2) is 0 Å². The molecule has 4 atom stereocenters. The molecule has 2 aliphatic carbocycles. The van der Waals surface area contributed by atoms with Crippen molar-refractivity contribution in [2.24, 2.45) is 0 Å². The number of thiophene rings is 1. The van der Waals surface area contributed by atoms with E-state index in [0.717, 1.165) is 28.7 Å². The lowest BCUT2D eigenvalue weighted by atomic mass is 9.33. The monoisotopic (exact) mass is 1840 g/mol. The molecule has 9 aliphatic heterocycles. The SMILES string of the molecule is Cc1cc2c3c(c1)N(c1ccccc1)c1oc4ccccc4c1B3c1cc3c(cc1N2c1ccccc1)SC1(c2ccccc2)CCCCC31C.Cc1cc2c3c(c1)N(c1ccccc1)c1occc1B3c1cc3c(cc1N2c1ccccc1)SC(C)(C)C3(C)C.Cc1cc2c3c(c1)N(c1ccccc1)c1sc4ccccc4c1B3c1cc3c(cc1N2c1ccccc1)SC1(C)CCCCC31C. The molecule has 18 aromatic rings. The van der Waals surface area contributed by atoms with Crippen LogP contribution in [-0.4, -0.2) is 29.6 Å². The molecule has 666 valence electrons. The van der Waals surface area contributed by atoms with Crippen LogP contribution in [0.15, 0.2) is 370 Å². The molecule has 0 bridgehead atoms. The average Bonchev–Trinajstić information content (AvgIpc) is 1.60. The first-order valence-corrected chi connectivity index (χ1v) is 52.4. The quantitative estimate of drug-likeness (QED) is 0.143. The van der Waals surface area contributed by atoms with Gasteiger partial charge in [-0.05, 0) is 301 Å². The van der Waals surface area contributed by atoms with Crippen LogP contribution in [0.25, 0.3) is 21.1 Å². The van der Waals surface area contributed by atoms with Gasteiger partial charge >= 0.3 is 0 Å². The van der Waals surface area contributed by atoms with Crippen molar-refractivity contribution in [1.29, 1.82) is 0 Å². The minimum Gasteiger partial charge on any atom is -0.449 e. The zero-order valence-corrected chi connectivity index (χ0v) is 82.2. The van der Waals surface area contributed by atoms with Crippen LogP contribution < -0.4 is 78.6 Å². The largest absolute Gasteiger partial charge is 0.449 e. The molecule has 0 N–H and O–H groups in total. The summed E-state index contributed by atoms with van der Waals surface area (Å²) >= 11 is 8.25. The normalized spacial score (nSPS) is 20.4. The standard InChI is InChI=1S/C46H37BN2OS.C41H35BN2S2.C35H31BN2OS/c1-30-26-38-43-39(27-30)49(33-20-10-5-11-21-33)44-42(34-22-12-13-23-40(34)50-44)47(43)36-28-35-41(29-37(36)48(38)32-18-8-4-9-19-32)51-46(31-16-6-3-7-17-31)25-15-14-24-45(35,46)2;1-26-22-33-38-34(23-26)44(28-16-8-5-9-17-28)39-37(29-18-10-11-19-35(29)45-39)42(38)31-24-30-36(46-41(3)21-13-12-20-40(30,41)2)25-32(31)43(33)27-14-6-4-7-15-27;1-22-18-29-32-30(19-22)38(24-14-10-7-11-15-24)33-26(16-17-39-33)36(32)27-20-25-31(40-35(4,5)34(25,2)3)21-28(27)37(29)23-12-8-6-9-13-23/h3-13,16-23,26-29H,14-15,24-25H2,1-2H3;4-11,14-19,22-25H,12-13,20-21H2,1-3H3;6-21H,1-5H3. The summed E-state index contributed by atoms with van der Waals surface area (Å²) in [5.41, 5.74) is 41.5. The van der Waals surface area contributed by atoms with Gasteiger partial charge < -0.3 is 28.4 Å². The van der Waals surface area contributed by atoms with Crippen LogP contribution in [0.2, 0.25) is 0 Å². The number of hydrogen-bond acceptors (Lipinski definition) is 12. The van der Waals surface area contributed by atoms with Crippen molar-refractivity contribution < 1.29 is 8.83 Å². The molecule has 0 amide bonds. The van der Waals surface area contributed by atoms with Crippen molar-refractivity contribution >= 4 is 239 Å². The zero-order chi connectivity index (χ0) is 92.1. The third-order valence-corrected chi connectivity index (χ3v) is 39.6. The third kappa shape index (κ3) is 12.1. The lowest BCUT2D eigenvalue weighted by molar-refractivity contribution is 0.246. The number of anilines is 18. The average molecular weight is 1850 g/mol. The van der Waals surface area contributed by atoms with Crippen LogP contribution >= 0.6 is 46.6 Å². The van der Waals surface area contributed by atoms with Crippen LogP contribution in [0.5, 0.6) is 0 Å². The lowest BCUT2D eigenvalue weighted by Gasteiger charge is -2.48. The maximum atomic E-state index is 6.96. The molecular formula is C122H103B3N6O2S4. The minimum atomic E-state index is 0.00907. The Morgan fingerprint density at radius 1 is 0.299 bits per heavy atom. The number of thioether (sulfide) groups is 3. The van der Waals surface area contributed by atoms with Crippen LogP contribution in [0.3, 0.4) is 0 Å². The summed E-state index contributed by atoms with van der Waals surface area (Å²) in [6, 6.07) is 126. The Bertz CT molecular complexity index is 8010. The summed E-state index contributed by atoms with van der Waals surface area (Å²) in [6.07, 6.45) is 12.0. The highest BCUT2D eigenvalue weighted by molar-refractivity contribution is 8.01. The second-order valence-electron chi connectivity index (χ2n) is 41.5. The molecule has 0 saturated heterocycles. The van der Waals surface area contributed by atoms with Gasteiger partial charge in [-0.1, -0.05) is 248 Å². The second-order valence-corrected chi connectivity index (χ2v) is 47.0. The first-order valence-electron chi connectivity index (χ1n) is 49.1. The van der Waals surface area contributed by atoms with Crippen molar-refractivity contribution in [3.8, 4) is 0 Å². The van der Waals surface area contributed by atoms with Gasteiger partial charge in [0.05, 0.1) is 16.0 Å². The number of hydrogen-bond donors (Lipinski definition) is 0. The summed E-state index contributed by atoms with van der Waals surface area (Å²) in [5.74, 6) is 1.83. The molecule has 29 rings (SSSR count). The summed E-state index contributed by atoms with van der Waals surface area (Å²) in [4.78, 5) is 19.2. The number of rotatable bonds is 7. The van der Waals surface area contributed by atoms with Crippen LogP contribution in [0.4, 0.5) is 102 Å². The van der Waals surface area contributed by atoms with E-state index in [1.165, 1.54) is 243 Å². The molecule has 3 aromatic heterocycles. The Hall–Kier alpha value is -12.9. The number of para-hydroxylation sites is 7. The van der Waals surface area contributed by atoms with Gasteiger partial charge in [0.1, 0.15) is 5.58 Å². The molecule has 12 heterocycles. The minimum absolute atomic E-state index is 0.00907. The van der Waals surface area contributed by atoms with E-state index in [1.807, 2.05) is 29.4 Å². The second kappa shape index (κ2) is 30.8. The topological polar surface area (TPSA) is 45.7 Å². The van der Waals surface area contributed by atoms with Crippen molar-refractivity contribution in [3.63, 3.8) is 0 Å². The number of fused-ring (bicyclic) bond motifs is 23. The Labute approximate surface area is 821 Å². The molecule has 15 heteroatoms. The van der Waals surface area contributed by atoms with E-state index in [1.54, 1.807) is 5.56 Å². The Morgan fingerprint density at radius 3 is 1.22 bits per heavy atom. The predicted octanol–water partition coefficient (Wildman–Crippen LogP) is 28.5. The first kappa shape index (κ1) is 83.5. The summed E-state index contributed by atoms with van der Waals surface area (Å²) in [5, 5.41) is 3.92. The Morgan fingerprint density at radius 2 is 0.686 bits per heavy atom. The van der Waals surface area contributed by atoms with Gasteiger partial charge in [-0.2, -0.15) is 0 Å². The van der Waals surface area contributed by atoms with Crippen molar-refractivity contribution in [1.82, 2.24) is 0 Å². The highest BCUT2D eigenvalue weighted by Crippen LogP contribution is 2.70. The Balaban J connectivity index is 0.000000105. The van der Waals surface area contributed by atoms with Gasteiger partial charge in [-0.3, -0.25) is 9.80 Å². The third-order valence-electron chi connectivity index (χ3n) is 33.4. The molecule has 4 unspecified atom stereocenters. The van der Waals surface area contributed by atoms with E-state index < -0.39 is 0 Å². The summed E-state index contributed by atoms with van der Waals surface area (Å²) in [6.45, 7) is 24.2. The van der Waals surface area contributed by atoms with Crippen LogP contribution in [-0.2, 0) is 21.0 Å². The molecule has 0 spiro atoms. The zero-order valence-electron chi connectivity index (χ0n) is 78.9. The number of aryl methyl sites for hydroxylation is 3. The van der Waals surface area contributed by atoms with E-state index in [4.69, 9.17) is 8.83 Å².